The largest absolute Gasteiger partial charge is 0.325 e. The van der Waals surface area contributed by atoms with Crippen LogP contribution in [0.25, 0.3) is 10.2 Å². The Morgan fingerprint density at radius 1 is 1.14 bits per heavy atom. The van der Waals surface area contributed by atoms with Crippen molar-refractivity contribution in [3.63, 3.8) is 0 Å². The summed E-state index contributed by atoms with van der Waals surface area (Å²) in [5.41, 5.74) is 2.87. The number of thiazole rings is 1. The van der Waals surface area contributed by atoms with Crippen LogP contribution in [0.3, 0.4) is 0 Å². The zero-order chi connectivity index (χ0) is 19.5. The first-order valence-electron chi connectivity index (χ1n) is 9.42. The maximum absolute atomic E-state index is 12.4. The van der Waals surface area contributed by atoms with Gasteiger partial charge in [0, 0.05) is 36.9 Å². The van der Waals surface area contributed by atoms with E-state index < -0.39 is 0 Å². The number of amides is 1. The second kappa shape index (κ2) is 8.57. The molecule has 1 fully saturated rings. The topological polar surface area (TPSA) is 48.5 Å². The van der Waals surface area contributed by atoms with E-state index in [2.05, 4.69) is 33.3 Å². The van der Waals surface area contributed by atoms with Gasteiger partial charge in [-0.3, -0.25) is 14.6 Å². The molecule has 1 N–H and O–H groups in total. The highest BCUT2D eigenvalue weighted by Gasteiger charge is 2.20. The number of anilines is 1. The van der Waals surface area contributed by atoms with Gasteiger partial charge in [-0.25, -0.2) is 4.98 Å². The van der Waals surface area contributed by atoms with Crippen LogP contribution in [-0.4, -0.2) is 53.4 Å². The molecule has 1 saturated heterocycles. The smallest absolute Gasteiger partial charge is 0.238 e. The number of nitrogens with zero attached hydrogens (tertiary/aromatic N) is 3. The molecule has 5 nitrogen and oxygen atoms in total. The standard InChI is InChI=1S/C21H23ClN4OS/c1-15-6-7-16(22)12-18(15)23-20(27)13-25-8-10-26(11-9-25)14-21-24-17-4-2-3-5-19(17)28-21/h2-7,12H,8-11,13-14H2,1H3,(H,23,27). The first-order chi connectivity index (χ1) is 13.6. The van der Waals surface area contributed by atoms with Gasteiger partial charge in [0.05, 0.1) is 23.3 Å². The second-order valence-corrected chi connectivity index (χ2v) is 8.69. The number of carbonyl (C=O) groups excluding carboxylic acids is 1. The van der Waals surface area contributed by atoms with Gasteiger partial charge in [0.25, 0.3) is 0 Å². The summed E-state index contributed by atoms with van der Waals surface area (Å²) in [4.78, 5) is 21.7. The van der Waals surface area contributed by atoms with Crippen molar-refractivity contribution in [2.24, 2.45) is 0 Å². The number of fused-ring (bicyclic) bond motifs is 1. The van der Waals surface area contributed by atoms with E-state index in [9.17, 15) is 4.79 Å². The predicted octanol–water partition coefficient (Wildman–Crippen LogP) is 4.01. The highest BCUT2D eigenvalue weighted by Crippen LogP contribution is 2.23. The Balaban J connectivity index is 1.26. The fourth-order valence-electron chi connectivity index (χ4n) is 3.41. The molecule has 1 aliphatic rings. The van der Waals surface area contributed by atoms with Gasteiger partial charge < -0.3 is 5.32 Å². The van der Waals surface area contributed by atoms with Crippen molar-refractivity contribution in [3.05, 3.63) is 58.1 Å². The number of para-hydroxylation sites is 1. The fourth-order valence-corrected chi connectivity index (χ4v) is 4.59. The lowest BCUT2D eigenvalue weighted by Gasteiger charge is -2.33. The van der Waals surface area contributed by atoms with E-state index in [1.807, 2.05) is 25.1 Å². The molecule has 2 aromatic carbocycles. The Labute approximate surface area is 173 Å². The number of aromatic nitrogens is 1. The lowest BCUT2D eigenvalue weighted by molar-refractivity contribution is -0.117. The lowest BCUT2D eigenvalue weighted by atomic mass is 10.2. The molecule has 0 aliphatic carbocycles. The van der Waals surface area contributed by atoms with Gasteiger partial charge in [0.15, 0.2) is 0 Å². The van der Waals surface area contributed by atoms with E-state index in [4.69, 9.17) is 16.6 Å². The van der Waals surface area contributed by atoms with Crippen LogP contribution in [0.2, 0.25) is 5.02 Å². The molecule has 0 unspecified atom stereocenters. The van der Waals surface area contributed by atoms with E-state index in [0.717, 1.165) is 54.5 Å². The maximum atomic E-state index is 12.4. The molecular formula is C21H23ClN4OS. The van der Waals surface area contributed by atoms with Gasteiger partial charge in [-0.2, -0.15) is 0 Å². The van der Waals surface area contributed by atoms with Crippen LogP contribution in [0.4, 0.5) is 5.69 Å². The van der Waals surface area contributed by atoms with Crippen LogP contribution in [-0.2, 0) is 11.3 Å². The fraction of sp³-hybridized carbons (Fsp3) is 0.333. The number of rotatable bonds is 5. The summed E-state index contributed by atoms with van der Waals surface area (Å²) >= 11 is 7.79. The molecule has 7 heteroatoms. The normalized spacial score (nSPS) is 15.8. The third-order valence-electron chi connectivity index (χ3n) is 5.00. The first-order valence-corrected chi connectivity index (χ1v) is 10.6. The monoisotopic (exact) mass is 414 g/mol. The summed E-state index contributed by atoms with van der Waals surface area (Å²) in [5.74, 6) is 0.00462. The zero-order valence-corrected chi connectivity index (χ0v) is 17.4. The Kier molecular flexibility index (Phi) is 5.92. The number of aryl methyl sites for hydroxylation is 1. The quantitative estimate of drug-likeness (QED) is 0.685. The minimum absolute atomic E-state index is 0.00462. The average Bonchev–Trinajstić information content (AvgIpc) is 3.08. The Hall–Kier alpha value is -1.99. The van der Waals surface area contributed by atoms with Crippen LogP contribution in [0.5, 0.6) is 0 Å². The summed E-state index contributed by atoms with van der Waals surface area (Å²) in [7, 11) is 0. The molecule has 0 spiro atoms. The Morgan fingerprint density at radius 2 is 1.89 bits per heavy atom. The molecule has 4 rings (SSSR count). The molecule has 2 heterocycles. The number of piperazine rings is 1. The van der Waals surface area contributed by atoms with Crippen molar-refractivity contribution < 1.29 is 4.79 Å². The summed E-state index contributed by atoms with van der Waals surface area (Å²) in [6.45, 7) is 6.90. The number of hydrogen-bond donors (Lipinski definition) is 1. The third kappa shape index (κ3) is 4.70. The SMILES string of the molecule is Cc1ccc(Cl)cc1NC(=O)CN1CCN(Cc2nc3ccccc3s2)CC1. The van der Waals surface area contributed by atoms with E-state index in [1.54, 1.807) is 17.4 Å². The van der Waals surface area contributed by atoms with Crippen LogP contribution in [0.15, 0.2) is 42.5 Å². The van der Waals surface area contributed by atoms with Crippen molar-refractivity contribution in [2.75, 3.05) is 38.0 Å². The van der Waals surface area contributed by atoms with Crippen molar-refractivity contribution in [1.29, 1.82) is 0 Å². The zero-order valence-electron chi connectivity index (χ0n) is 15.8. The molecule has 0 atom stereocenters. The summed E-state index contributed by atoms with van der Waals surface area (Å²) in [5, 5.41) is 4.76. The van der Waals surface area contributed by atoms with Crippen LogP contribution in [0.1, 0.15) is 10.6 Å². The molecule has 146 valence electrons. The van der Waals surface area contributed by atoms with Crippen molar-refractivity contribution in [2.45, 2.75) is 13.5 Å². The maximum Gasteiger partial charge on any atom is 0.238 e. The highest BCUT2D eigenvalue weighted by atomic mass is 35.5. The van der Waals surface area contributed by atoms with Gasteiger partial charge in [-0.1, -0.05) is 29.8 Å². The van der Waals surface area contributed by atoms with Gasteiger partial charge in [0.2, 0.25) is 5.91 Å². The number of carbonyl (C=O) groups is 1. The van der Waals surface area contributed by atoms with Crippen molar-refractivity contribution in [1.82, 2.24) is 14.8 Å². The molecular weight excluding hydrogens is 392 g/mol. The van der Waals surface area contributed by atoms with Crippen molar-refractivity contribution in [3.8, 4) is 0 Å². The average molecular weight is 415 g/mol. The predicted molar refractivity (Wildman–Crippen MR) is 116 cm³/mol. The lowest BCUT2D eigenvalue weighted by Crippen LogP contribution is -2.48. The summed E-state index contributed by atoms with van der Waals surface area (Å²) in [6.07, 6.45) is 0. The Morgan fingerprint density at radius 3 is 2.68 bits per heavy atom. The molecule has 0 bridgehead atoms. The van der Waals surface area contributed by atoms with Crippen LogP contribution >= 0.6 is 22.9 Å². The molecule has 1 aromatic heterocycles. The Bertz CT molecular complexity index is 948. The molecule has 3 aromatic rings. The van der Waals surface area contributed by atoms with E-state index in [-0.39, 0.29) is 5.91 Å². The minimum atomic E-state index is 0.00462. The summed E-state index contributed by atoms with van der Waals surface area (Å²) in [6, 6.07) is 13.8. The van der Waals surface area contributed by atoms with E-state index >= 15 is 0 Å². The van der Waals surface area contributed by atoms with Gasteiger partial charge in [-0.15, -0.1) is 11.3 Å². The molecule has 28 heavy (non-hydrogen) atoms. The van der Waals surface area contributed by atoms with Crippen LogP contribution < -0.4 is 5.32 Å². The highest BCUT2D eigenvalue weighted by molar-refractivity contribution is 7.18. The number of hydrogen-bond acceptors (Lipinski definition) is 5. The number of halogens is 1. The number of nitrogens with one attached hydrogen (secondary N) is 1. The van der Waals surface area contributed by atoms with E-state index in [0.29, 0.717) is 11.6 Å². The molecule has 1 aliphatic heterocycles. The first kappa shape index (κ1) is 19.3. The molecule has 0 radical (unpaired) electrons. The van der Waals surface area contributed by atoms with Crippen molar-refractivity contribution >= 4 is 44.7 Å². The summed E-state index contributed by atoms with van der Waals surface area (Å²) < 4.78 is 1.24. The third-order valence-corrected chi connectivity index (χ3v) is 6.26. The van der Waals surface area contributed by atoms with Crippen LogP contribution in [0, 0.1) is 6.92 Å². The van der Waals surface area contributed by atoms with Gasteiger partial charge >= 0.3 is 0 Å². The molecule has 1 amide bonds. The minimum Gasteiger partial charge on any atom is -0.325 e. The van der Waals surface area contributed by atoms with Gasteiger partial charge in [0.1, 0.15) is 5.01 Å². The number of benzene rings is 2. The van der Waals surface area contributed by atoms with E-state index in [1.165, 1.54) is 4.70 Å². The van der Waals surface area contributed by atoms with Gasteiger partial charge in [-0.05, 0) is 36.8 Å². The molecule has 0 saturated carbocycles. The second-order valence-electron chi connectivity index (χ2n) is 7.14.